The highest BCUT2D eigenvalue weighted by Crippen LogP contribution is 2.32. The second-order valence-electron chi connectivity index (χ2n) is 6.34. The zero-order chi connectivity index (χ0) is 18.1. The van der Waals surface area contributed by atoms with Gasteiger partial charge in [0, 0.05) is 28.6 Å². The number of anilines is 2. The lowest BCUT2D eigenvalue weighted by molar-refractivity contribution is -0.137. The fourth-order valence-corrected chi connectivity index (χ4v) is 2.48. The number of aryl methyl sites for hydroxylation is 1. The number of rotatable bonds is 4. The summed E-state index contributed by atoms with van der Waals surface area (Å²) in [5.41, 5.74) is 12.3. The Kier molecular flexibility index (Phi) is 4.68. The van der Waals surface area contributed by atoms with Crippen LogP contribution >= 0.6 is 0 Å². The van der Waals surface area contributed by atoms with Crippen molar-refractivity contribution in [2.45, 2.75) is 45.2 Å². The lowest BCUT2D eigenvalue weighted by Gasteiger charge is -2.25. The Bertz CT molecular complexity index is 700. The van der Waals surface area contributed by atoms with Gasteiger partial charge in [-0.1, -0.05) is 13.8 Å². The SMILES string of the molecule is Cc1nc(N)nc(N)c1CCC(C)(C)c1ccc(C(F)(F)F)cn1. The van der Waals surface area contributed by atoms with Crippen molar-refractivity contribution in [1.82, 2.24) is 15.0 Å². The van der Waals surface area contributed by atoms with Crippen LogP contribution in [0.1, 0.15) is 42.8 Å². The maximum atomic E-state index is 12.6. The van der Waals surface area contributed by atoms with Crippen LogP contribution in [0.15, 0.2) is 18.3 Å². The van der Waals surface area contributed by atoms with Gasteiger partial charge in [-0.15, -0.1) is 0 Å². The summed E-state index contributed by atoms with van der Waals surface area (Å²) in [6.45, 7) is 5.64. The molecule has 0 fully saturated rings. The second-order valence-corrected chi connectivity index (χ2v) is 6.34. The highest BCUT2D eigenvalue weighted by Gasteiger charge is 2.32. The van der Waals surface area contributed by atoms with E-state index in [9.17, 15) is 13.2 Å². The van der Waals surface area contributed by atoms with Gasteiger partial charge in [-0.05, 0) is 31.9 Å². The quantitative estimate of drug-likeness (QED) is 0.892. The van der Waals surface area contributed by atoms with Crippen LogP contribution in [0.5, 0.6) is 0 Å². The average Bonchev–Trinajstić information content (AvgIpc) is 2.45. The third-order valence-electron chi connectivity index (χ3n) is 4.05. The number of nitrogens with two attached hydrogens (primary N) is 2. The molecule has 2 rings (SSSR count). The minimum Gasteiger partial charge on any atom is -0.383 e. The number of hydrogen-bond acceptors (Lipinski definition) is 5. The summed E-state index contributed by atoms with van der Waals surface area (Å²) in [6, 6.07) is 2.47. The van der Waals surface area contributed by atoms with Crippen LogP contribution in [0.3, 0.4) is 0 Å². The van der Waals surface area contributed by atoms with Crippen LogP contribution in [0.25, 0.3) is 0 Å². The third-order valence-corrected chi connectivity index (χ3v) is 4.05. The van der Waals surface area contributed by atoms with E-state index in [2.05, 4.69) is 15.0 Å². The van der Waals surface area contributed by atoms with Crippen molar-refractivity contribution < 1.29 is 13.2 Å². The van der Waals surface area contributed by atoms with Gasteiger partial charge in [-0.25, -0.2) is 4.98 Å². The van der Waals surface area contributed by atoms with E-state index < -0.39 is 17.2 Å². The van der Waals surface area contributed by atoms with E-state index in [4.69, 9.17) is 11.5 Å². The number of hydrogen-bond donors (Lipinski definition) is 2. The molecule has 8 heteroatoms. The smallest absolute Gasteiger partial charge is 0.383 e. The Balaban J connectivity index is 2.17. The summed E-state index contributed by atoms with van der Waals surface area (Å²) in [4.78, 5) is 12.0. The molecule has 0 spiro atoms. The summed E-state index contributed by atoms with van der Waals surface area (Å²) in [6.07, 6.45) is -2.32. The first-order chi connectivity index (χ1) is 11.0. The van der Waals surface area contributed by atoms with Crippen LogP contribution in [0.2, 0.25) is 0 Å². The van der Waals surface area contributed by atoms with Crippen molar-refractivity contribution in [3.8, 4) is 0 Å². The van der Waals surface area contributed by atoms with E-state index in [1.54, 1.807) is 6.92 Å². The summed E-state index contributed by atoms with van der Waals surface area (Å²) >= 11 is 0. The molecule has 0 atom stereocenters. The van der Waals surface area contributed by atoms with Gasteiger partial charge in [0.05, 0.1) is 5.56 Å². The van der Waals surface area contributed by atoms with Crippen LogP contribution in [0, 0.1) is 6.92 Å². The van der Waals surface area contributed by atoms with E-state index in [1.165, 1.54) is 6.07 Å². The Morgan fingerprint density at radius 3 is 2.25 bits per heavy atom. The van der Waals surface area contributed by atoms with Gasteiger partial charge in [0.25, 0.3) is 0 Å². The monoisotopic (exact) mass is 339 g/mol. The minimum absolute atomic E-state index is 0.123. The Hall–Kier alpha value is -2.38. The fourth-order valence-electron chi connectivity index (χ4n) is 2.48. The largest absolute Gasteiger partial charge is 0.417 e. The van der Waals surface area contributed by atoms with E-state index in [0.29, 0.717) is 30.0 Å². The zero-order valence-electron chi connectivity index (χ0n) is 13.8. The summed E-state index contributed by atoms with van der Waals surface area (Å²) in [5.74, 6) is 0.452. The van der Waals surface area contributed by atoms with Crippen molar-refractivity contribution in [3.63, 3.8) is 0 Å². The first-order valence-corrected chi connectivity index (χ1v) is 7.43. The van der Waals surface area contributed by atoms with Crippen LogP contribution in [0.4, 0.5) is 24.9 Å². The van der Waals surface area contributed by atoms with Gasteiger partial charge in [0.1, 0.15) is 5.82 Å². The Morgan fingerprint density at radius 1 is 1.08 bits per heavy atom. The maximum absolute atomic E-state index is 12.6. The van der Waals surface area contributed by atoms with E-state index >= 15 is 0 Å². The highest BCUT2D eigenvalue weighted by molar-refractivity contribution is 5.45. The number of alkyl halides is 3. The van der Waals surface area contributed by atoms with Crippen molar-refractivity contribution in [2.24, 2.45) is 0 Å². The predicted octanol–water partition coefficient (Wildman–Crippen LogP) is 3.27. The molecule has 0 amide bonds. The molecule has 2 aromatic rings. The van der Waals surface area contributed by atoms with Gasteiger partial charge in [0.2, 0.25) is 5.95 Å². The van der Waals surface area contributed by atoms with Crippen molar-refractivity contribution in [2.75, 3.05) is 11.5 Å². The number of halogens is 3. The van der Waals surface area contributed by atoms with E-state index in [1.807, 2.05) is 13.8 Å². The molecule has 0 aliphatic carbocycles. The fraction of sp³-hybridized carbons (Fsp3) is 0.438. The third kappa shape index (κ3) is 3.93. The standard InChI is InChI=1S/C16H20F3N5/c1-9-11(13(20)24-14(21)23-9)6-7-15(2,3)12-5-4-10(8-22-12)16(17,18)19/h4-5,8H,6-7H2,1-3H3,(H4,20,21,23,24). The number of nitrogens with zero attached hydrogens (tertiary/aromatic N) is 3. The second kappa shape index (κ2) is 6.26. The lowest BCUT2D eigenvalue weighted by Crippen LogP contribution is -2.21. The molecule has 5 nitrogen and oxygen atoms in total. The number of pyridine rings is 1. The summed E-state index contributed by atoms with van der Waals surface area (Å²) in [5, 5.41) is 0. The molecule has 2 heterocycles. The van der Waals surface area contributed by atoms with Crippen molar-refractivity contribution >= 4 is 11.8 Å². The molecular weight excluding hydrogens is 319 g/mol. The highest BCUT2D eigenvalue weighted by atomic mass is 19.4. The average molecular weight is 339 g/mol. The molecule has 130 valence electrons. The summed E-state index contributed by atoms with van der Waals surface area (Å²) < 4.78 is 37.9. The molecule has 0 aromatic carbocycles. The maximum Gasteiger partial charge on any atom is 0.417 e. The first kappa shape index (κ1) is 18.0. The molecule has 0 aliphatic rings. The Morgan fingerprint density at radius 2 is 1.75 bits per heavy atom. The lowest BCUT2D eigenvalue weighted by atomic mass is 9.82. The number of nitrogen functional groups attached to an aromatic ring is 2. The van der Waals surface area contributed by atoms with Gasteiger partial charge in [-0.2, -0.15) is 18.2 Å². The van der Waals surface area contributed by atoms with Crippen LogP contribution in [-0.2, 0) is 18.0 Å². The molecule has 0 saturated heterocycles. The molecule has 2 aromatic heterocycles. The Labute approximate surface area is 138 Å². The van der Waals surface area contributed by atoms with E-state index in [0.717, 1.165) is 17.8 Å². The van der Waals surface area contributed by atoms with Crippen LogP contribution < -0.4 is 11.5 Å². The normalized spacial score (nSPS) is 12.4. The van der Waals surface area contributed by atoms with Gasteiger partial charge in [0.15, 0.2) is 0 Å². The van der Waals surface area contributed by atoms with Gasteiger partial charge < -0.3 is 11.5 Å². The molecule has 4 N–H and O–H groups in total. The molecule has 0 unspecified atom stereocenters. The molecule has 0 radical (unpaired) electrons. The van der Waals surface area contributed by atoms with E-state index in [-0.39, 0.29) is 5.95 Å². The molecule has 24 heavy (non-hydrogen) atoms. The van der Waals surface area contributed by atoms with Crippen LogP contribution in [-0.4, -0.2) is 15.0 Å². The molecule has 0 aliphatic heterocycles. The minimum atomic E-state index is -4.39. The van der Waals surface area contributed by atoms with Crippen molar-refractivity contribution in [1.29, 1.82) is 0 Å². The molecule has 0 saturated carbocycles. The molecular formula is C16H20F3N5. The summed E-state index contributed by atoms with van der Waals surface area (Å²) in [7, 11) is 0. The number of aromatic nitrogens is 3. The first-order valence-electron chi connectivity index (χ1n) is 7.43. The topological polar surface area (TPSA) is 90.7 Å². The van der Waals surface area contributed by atoms with Gasteiger partial charge in [-0.3, -0.25) is 4.98 Å². The predicted molar refractivity (Wildman–Crippen MR) is 86.2 cm³/mol. The van der Waals surface area contributed by atoms with Crippen molar-refractivity contribution in [3.05, 3.63) is 40.8 Å². The molecule has 0 bridgehead atoms. The zero-order valence-corrected chi connectivity index (χ0v) is 13.8. The van der Waals surface area contributed by atoms with Gasteiger partial charge >= 0.3 is 6.18 Å².